The number of benzene rings is 1. The summed E-state index contributed by atoms with van der Waals surface area (Å²) in [5, 5.41) is 0.716. The predicted octanol–water partition coefficient (Wildman–Crippen LogP) is 4.38. The van der Waals surface area contributed by atoms with Gasteiger partial charge in [-0.15, -0.1) is 11.6 Å². The number of nitrogens with zero attached hydrogens (tertiary/aromatic N) is 1. The Kier molecular flexibility index (Phi) is 4.10. The van der Waals surface area contributed by atoms with E-state index in [1.54, 1.807) is 6.20 Å². The maximum absolute atomic E-state index is 6.04. The van der Waals surface area contributed by atoms with E-state index in [0.29, 0.717) is 23.2 Å². The van der Waals surface area contributed by atoms with Crippen LogP contribution in [-0.2, 0) is 6.42 Å². The summed E-state index contributed by atoms with van der Waals surface area (Å²) >= 11 is 13.8. The van der Waals surface area contributed by atoms with Crippen LogP contribution in [0.25, 0.3) is 11.3 Å². The monoisotopic (exact) mass is 367 g/mol. The normalized spacial score (nSPS) is 10.7. The van der Waals surface area contributed by atoms with Crippen molar-refractivity contribution in [1.82, 2.24) is 4.98 Å². The highest BCUT2D eigenvalue weighted by Gasteiger charge is 2.07. The molecule has 0 bridgehead atoms. The highest BCUT2D eigenvalue weighted by atomic mass is 127. The van der Waals surface area contributed by atoms with Crippen LogP contribution in [0.3, 0.4) is 0 Å². The lowest BCUT2D eigenvalue weighted by molar-refractivity contribution is 0.515. The Balaban J connectivity index is 2.31. The molecule has 1 aromatic heterocycles. The van der Waals surface area contributed by atoms with E-state index in [4.69, 9.17) is 27.6 Å². The van der Waals surface area contributed by atoms with E-state index in [9.17, 15) is 0 Å². The van der Waals surface area contributed by atoms with Crippen molar-refractivity contribution in [2.75, 3.05) is 5.88 Å². The molecule has 0 radical (unpaired) electrons. The molecule has 0 atom stereocenters. The summed E-state index contributed by atoms with van der Waals surface area (Å²) in [6.07, 6.45) is 2.33. The molecular weight excluding hydrogens is 360 g/mol. The number of oxazole rings is 1. The van der Waals surface area contributed by atoms with E-state index in [-0.39, 0.29) is 0 Å². The fourth-order valence-electron chi connectivity index (χ4n) is 1.29. The second-order valence-corrected chi connectivity index (χ2v) is 5.13. The lowest BCUT2D eigenvalue weighted by Gasteiger charge is -1.99. The number of hydrogen-bond donors (Lipinski definition) is 0. The molecule has 2 nitrogen and oxygen atoms in total. The van der Waals surface area contributed by atoms with Crippen LogP contribution in [0.15, 0.2) is 28.8 Å². The van der Waals surface area contributed by atoms with Crippen molar-refractivity contribution in [3.63, 3.8) is 0 Å². The van der Waals surface area contributed by atoms with Gasteiger partial charge in [0.25, 0.3) is 0 Å². The Morgan fingerprint density at radius 2 is 2.19 bits per heavy atom. The number of rotatable bonds is 3. The highest BCUT2D eigenvalue weighted by molar-refractivity contribution is 14.1. The largest absolute Gasteiger partial charge is 0.441 e. The summed E-state index contributed by atoms with van der Waals surface area (Å²) < 4.78 is 6.57. The smallest absolute Gasteiger partial charge is 0.196 e. The average molecular weight is 368 g/mol. The van der Waals surface area contributed by atoms with Crippen molar-refractivity contribution < 1.29 is 4.42 Å². The van der Waals surface area contributed by atoms with Crippen molar-refractivity contribution in [3.05, 3.63) is 38.9 Å². The minimum absolute atomic E-state index is 0.507. The van der Waals surface area contributed by atoms with Gasteiger partial charge >= 0.3 is 0 Å². The van der Waals surface area contributed by atoms with E-state index in [0.717, 1.165) is 14.9 Å². The molecular formula is C11H8Cl2INO. The van der Waals surface area contributed by atoms with Gasteiger partial charge in [-0.2, -0.15) is 0 Å². The molecule has 84 valence electrons. The minimum atomic E-state index is 0.507. The molecule has 16 heavy (non-hydrogen) atoms. The fraction of sp³-hybridized carbons (Fsp3) is 0.182. The van der Waals surface area contributed by atoms with Crippen molar-refractivity contribution >= 4 is 45.8 Å². The van der Waals surface area contributed by atoms with E-state index in [1.807, 2.05) is 18.2 Å². The zero-order chi connectivity index (χ0) is 11.5. The molecule has 0 aliphatic heterocycles. The summed E-state index contributed by atoms with van der Waals surface area (Å²) in [6, 6.07) is 5.77. The van der Waals surface area contributed by atoms with Crippen LogP contribution in [-0.4, -0.2) is 10.9 Å². The Labute approximate surface area is 117 Å². The SMILES string of the molecule is ClCCc1ncc(-c2ccc(I)c(Cl)c2)o1. The van der Waals surface area contributed by atoms with Crippen LogP contribution in [0.5, 0.6) is 0 Å². The van der Waals surface area contributed by atoms with E-state index < -0.39 is 0 Å². The van der Waals surface area contributed by atoms with Crippen molar-refractivity contribution in [2.45, 2.75) is 6.42 Å². The third-order valence-electron chi connectivity index (χ3n) is 2.07. The average Bonchev–Trinajstić information content (AvgIpc) is 2.71. The second kappa shape index (κ2) is 5.38. The highest BCUT2D eigenvalue weighted by Crippen LogP contribution is 2.27. The number of aromatic nitrogens is 1. The molecule has 5 heteroatoms. The van der Waals surface area contributed by atoms with Gasteiger partial charge in [0.2, 0.25) is 0 Å². The summed E-state index contributed by atoms with van der Waals surface area (Å²) in [6.45, 7) is 0. The molecule has 0 aliphatic rings. The van der Waals surface area contributed by atoms with Gasteiger partial charge < -0.3 is 4.42 Å². The third kappa shape index (κ3) is 2.70. The maximum atomic E-state index is 6.04. The van der Waals surface area contributed by atoms with Crippen LogP contribution in [0.1, 0.15) is 5.89 Å². The fourth-order valence-corrected chi connectivity index (χ4v) is 1.97. The molecule has 0 amide bonds. The van der Waals surface area contributed by atoms with Gasteiger partial charge in [-0.05, 0) is 34.7 Å². The van der Waals surface area contributed by atoms with Gasteiger partial charge in [0.15, 0.2) is 11.7 Å². The van der Waals surface area contributed by atoms with Crippen LogP contribution in [0.4, 0.5) is 0 Å². The van der Waals surface area contributed by atoms with E-state index >= 15 is 0 Å². The van der Waals surface area contributed by atoms with Crippen LogP contribution < -0.4 is 0 Å². The molecule has 0 fully saturated rings. The molecule has 0 saturated carbocycles. The summed E-state index contributed by atoms with van der Waals surface area (Å²) in [5.74, 6) is 1.88. The Morgan fingerprint density at radius 1 is 1.38 bits per heavy atom. The minimum Gasteiger partial charge on any atom is -0.441 e. The Hall–Kier alpha value is -0.260. The standard InChI is InChI=1S/C11H8Cl2INO/c12-4-3-11-15-6-10(16-11)7-1-2-9(14)8(13)5-7/h1-2,5-6H,3-4H2. The first-order valence-corrected chi connectivity index (χ1v) is 6.66. The molecule has 0 unspecified atom stereocenters. The topological polar surface area (TPSA) is 26.0 Å². The maximum Gasteiger partial charge on any atom is 0.196 e. The Morgan fingerprint density at radius 3 is 2.88 bits per heavy atom. The molecule has 1 heterocycles. The van der Waals surface area contributed by atoms with Crippen LogP contribution in [0, 0.1) is 3.57 Å². The molecule has 0 saturated heterocycles. The number of halogens is 3. The van der Waals surface area contributed by atoms with Gasteiger partial charge in [-0.25, -0.2) is 4.98 Å². The first-order valence-electron chi connectivity index (χ1n) is 4.67. The molecule has 2 aromatic rings. The zero-order valence-corrected chi connectivity index (χ0v) is 11.9. The second-order valence-electron chi connectivity index (χ2n) is 3.19. The Bertz CT molecular complexity index is 498. The number of aryl methyl sites for hydroxylation is 1. The van der Waals surface area contributed by atoms with Crippen molar-refractivity contribution in [2.24, 2.45) is 0 Å². The van der Waals surface area contributed by atoms with Crippen LogP contribution in [0.2, 0.25) is 5.02 Å². The number of alkyl halides is 1. The summed E-state index contributed by atoms with van der Waals surface area (Å²) in [4.78, 5) is 4.14. The molecule has 1 aromatic carbocycles. The van der Waals surface area contributed by atoms with E-state index in [2.05, 4.69) is 27.6 Å². The zero-order valence-electron chi connectivity index (χ0n) is 8.21. The molecule has 0 aliphatic carbocycles. The van der Waals surface area contributed by atoms with Gasteiger partial charge in [0.05, 0.1) is 11.2 Å². The molecule has 0 N–H and O–H groups in total. The lowest BCUT2D eigenvalue weighted by Crippen LogP contribution is -1.83. The predicted molar refractivity (Wildman–Crippen MR) is 74.1 cm³/mol. The first-order chi connectivity index (χ1) is 7.70. The first kappa shape index (κ1) is 12.2. The summed E-state index contributed by atoms with van der Waals surface area (Å²) in [7, 11) is 0. The van der Waals surface area contributed by atoms with Gasteiger partial charge in [0.1, 0.15) is 0 Å². The van der Waals surface area contributed by atoms with Gasteiger partial charge in [-0.1, -0.05) is 17.7 Å². The van der Waals surface area contributed by atoms with Crippen LogP contribution >= 0.6 is 45.8 Å². The van der Waals surface area contributed by atoms with E-state index in [1.165, 1.54) is 0 Å². The van der Waals surface area contributed by atoms with Gasteiger partial charge in [0, 0.05) is 21.4 Å². The summed E-state index contributed by atoms with van der Waals surface area (Å²) in [5.41, 5.74) is 0.929. The third-order valence-corrected chi connectivity index (χ3v) is 3.83. The number of hydrogen-bond acceptors (Lipinski definition) is 2. The van der Waals surface area contributed by atoms with Crippen molar-refractivity contribution in [3.8, 4) is 11.3 Å². The van der Waals surface area contributed by atoms with Crippen molar-refractivity contribution in [1.29, 1.82) is 0 Å². The molecule has 2 rings (SSSR count). The molecule has 0 spiro atoms. The quantitative estimate of drug-likeness (QED) is 0.594. The van der Waals surface area contributed by atoms with Gasteiger partial charge in [-0.3, -0.25) is 0 Å². The lowest BCUT2D eigenvalue weighted by atomic mass is 10.2.